The van der Waals surface area contributed by atoms with Crippen molar-refractivity contribution in [1.82, 2.24) is 24.3 Å². The van der Waals surface area contributed by atoms with Crippen molar-refractivity contribution < 1.29 is 0 Å². The quantitative estimate of drug-likeness (QED) is 0.726. The van der Waals surface area contributed by atoms with Crippen LogP contribution in [0.4, 0.5) is 0 Å². The van der Waals surface area contributed by atoms with E-state index in [-0.39, 0.29) is 6.04 Å². The highest BCUT2D eigenvalue weighted by Crippen LogP contribution is 2.25. The van der Waals surface area contributed by atoms with Crippen LogP contribution in [-0.2, 0) is 12.8 Å². The Hall–Kier alpha value is -1.31. The van der Waals surface area contributed by atoms with E-state index in [0.29, 0.717) is 0 Å². The molecule has 0 aliphatic rings. The summed E-state index contributed by atoms with van der Waals surface area (Å²) in [6, 6.07) is 0.254. The van der Waals surface area contributed by atoms with Crippen LogP contribution in [0.3, 0.4) is 0 Å². The number of nitrogens with zero attached hydrogens (tertiary/aromatic N) is 4. The zero-order valence-corrected chi connectivity index (χ0v) is 13.9. The topological polar surface area (TPSA) is 55.1 Å². The van der Waals surface area contributed by atoms with Crippen LogP contribution in [0.25, 0.3) is 4.96 Å². The molecule has 0 aliphatic heterocycles. The highest BCUT2D eigenvalue weighted by Gasteiger charge is 2.20. The summed E-state index contributed by atoms with van der Waals surface area (Å²) in [6.07, 6.45) is 7.09. The minimum absolute atomic E-state index is 0.254. The van der Waals surface area contributed by atoms with Gasteiger partial charge in [-0.25, -0.2) is 4.98 Å². The third kappa shape index (κ3) is 3.14. The van der Waals surface area contributed by atoms with Crippen molar-refractivity contribution in [2.45, 2.75) is 39.2 Å². The number of hydrogen-bond acceptors (Lipinski definition) is 6. The standard InChI is InChI=1S/C14H19N5S2/c1-3-5-15-12(13-11(4-2)17-18-21-13)8-10-9-19-6-7-20-14(19)16-10/h6-7,9,12,15H,3-5,8H2,1-2H3. The van der Waals surface area contributed by atoms with Crippen LogP contribution in [0.2, 0.25) is 0 Å². The van der Waals surface area contributed by atoms with Gasteiger partial charge >= 0.3 is 0 Å². The lowest BCUT2D eigenvalue weighted by Gasteiger charge is -2.16. The molecule has 0 fully saturated rings. The van der Waals surface area contributed by atoms with Crippen LogP contribution in [0.1, 0.15) is 42.6 Å². The zero-order chi connectivity index (χ0) is 14.7. The second-order valence-corrected chi connectivity index (χ2v) is 6.63. The molecule has 3 heterocycles. The molecule has 5 nitrogen and oxygen atoms in total. The summed E-state index contributed by atoms with van der Waals surface area (Å²) in [7, 11) is 0. The Morgan fingerprint density at radius 1 is 1.38 bits per heavy atom. The third-order valence-electron chi connectivity index (χ3n) is 3.43. The Morgan fingerprint density at radius 3 is 3.05 bits per heavy atom. The molecule has 0 spiro atoms. The maximum Gasteiger partial charge on any atom is 0.193 e. The van der Waals surface area contributed by atoms with Crippen molar-refractivity contribution in [1.29, 1.82) is 0 Å². The van der Waals surface area contributed by atoms with Gasteiger partial charge in [0.25, 0.3) is 0 Å². The van der Waals surface area contributed by atoms with Crippen LogP contribution in [0.5, 0.6) is 0 Å². The van der Waals surface area contributed by atoms with Crippen LogP contribution in [0.15, 0.2) is 17.8 Å². The van der Waals surface area contributed by atoms with Crippen LogP contribution in [0, 0.1) is 0 Å². The summed E-state index contributed by atoms with van der Waals surface area (Å²) in [6.45, 7) is 5.31. The number of thiazole rings is 1. The van der Waals surface area contributed by atoms with Gasteiger partial charge in [-0.05, 0) is 30.9 Å². The second-order valence-electron chi connectivity index (χ2n) is 4.97. The van der Waals surface area contributed by atoms with E-state index in [9.17, 15) is 0 Å². The Kier molecular flexibility index (Phi) is 4.62. The normalized spacial score (nSPS) is 13.0. The summed E-state index contributed by atoms with van der Waals surface area (Å²) in [5.41, 5.74) is 2.22. The van der Waals surface area contributed by atoms with Crippen molar-refractivity contribution in [3.05, 3.63) is 34.0 Å². The first-order valence-corrected chi connectivity index (χ1v) is 8.92. The van der Waals surface area contributed by atoms with Gasteiger partial charge in [0.2, 0.25) is 0 Å². The number of aryl methyl sites for hydroxylation is 1. The summed E-state index contributed by atoms with van der Waals surface area (Å²) >= 11 is 3.17. The number of hydrogen-bond donors (Lipinski definition) is 1. The monoisotopic (exact) mass is 321 g/mol. The molecule has 1 N–H and O–H groups in total. The molecule has 21 heavy (non-hydrogen) atoms. The minimum atomic E-state index is 0.254. The molecule has 1 unspecified atom stereocenters. The van der Waals surface area contributed by atoms with Crippen molar-refractivity contribution in [2.75, 3.05) is 6.54 Å². The van der Waals surface area contributed by atoms with E-state index < -0.39 is 0 Å². The van der Waals surface area contributed by atoms with E-state index in [1.165, 1.54) is 16.4 Å². The minimum Gasteiger partial charge on any atom is -0.309 e. The number of nitrogens with one attached hydrogen (secondary N) is 1. The maximum absolute atomic E-state index is 4.69. The third-order valence-corrected chi connectivity index (χ3v) is 5.08. The number of fused-ring (bicyclic) bond motifs is 1. The highest BCUT2D eigenvalue weighted by molar-refractivity contribution is 7.15. The lowest BCUT2D eigenvalue weighted by Crippen LogP contribution is -2.24. The molecule has 3 aromatic rings. The fraction of sp³-hybridized carbons (Fsp3) is 0.500. The molecule has 7 heteroatoms. The van der Waals surface area contributed by atoms with E-state index in [1.807, 2.05) is 0 Å². The van der Waals surface area contributed by atoms with E-state index in [2.05, 4.69) is 50.9 Å². The smallest absolute Gasteiger partial charge is 0.193 e. The molecule has 3 rings (SSSR count). The molecule has 1 atom stereocenters. The van der Waals surface area contributed by atoms with Crippen molar-refractivity contribution in [3.8, 4) is 0 Å². The lowest BCUT2D eigenvalue weighted by atomic mass is 10.1. The van der Waals surface area contributed by atoms with Crippen LogP contribution >= 0.6 is 22.9 Å². The summed E-state index contributed by atoms with van der Waals surface area (Å²) in [5, 5.41) is 9.92. The Morgan fingerprint density at radius 2 is 2.29 bits per heavy atom. The van der Waals surface area contributed by atoms with E-state index >= 15 is 0 Å². The molecular formula is C14H19N5S2. The second kappa shape index (κ2) is 6.64. The predicted octanol–water partition coefficient (Wildman–Crippen LogP) is 3.09. The van der Waals surface area contributed by atoms with Gasteiger partial charge in [-0.3, -0.25) is 4.40 Å². The first kappa shape index (κ1) is 14.6. The first-order valence-electron chi connectivity index (χ1n) is 7.27. The predicted molar refractivity (Wildman–Crippen MR) is 87.1 cm³/mol. The van der Waals surface area contributed by atoms with E-state index in [1.54, 1.807) is 11.3 Å². The van der Waals surface area contributed by atoms with Crippen LogP contribution < -0.4 is 5.32 Å². The Labute approximate surface area is 132 Å². The summed E-state index contributed by atoms with van der Waals surface area (Å²) < 4.78 is 6.21. The molecular weight excluding hydrogens is 302 g/mol. The SMILES string of the molecule is CCCNC(Cc1cn2ccsc2n1)c1snnc1CC. The average Bonchev–Trinajstić information content (AvgIpc) is 3.17. The fourth-order valence-electron chi connectivity index (χ4n) is 2.39. The average molecular weight is 321 g/mol. The fourth-order valence-corrected chi connectivity index (χ4v) is 3.92. The van der Waals surface area contributed by atoms with E-state index in [4.69, 9.17) is 4.98 Å². The van der Waals surface area contributed by atoms with Gasteiger partial charge in [0, 0.05) is 24.2 Å². The van der Waals surface area contributed by atoms with Gasteiger partial charge in [0.1, 0.15) is 0 Å². The van der Waals surface area contributed by atoms with Gasteiger partial charge in [-0.1, -0.05) is 18.3 Å². The van der Waals surface area contributed by atoms with Gasteiger partial charge in [-0.15, -0.1) is 16.4 Å². The van der Waals surface area contributed by atoms with Crippen molar-refractivity contribution >= 4 is 27.8 Å². The molecule has 3 aromatic heterocycles. The summed E-state index contributed by atoms with van der Waals surface area (Å²) in [5.74, 6) is 0. The molecule has 0 saturated carbocycles. The molecule has 0 bridgehead atoms. The molecule has 0 amide bonds. The molecule has 0 radical (unpaired) electrons. The number of imidazole rings is 1. The Balaban J connectivity index is 1.83. The Bertz CT molecular complexity index is 670. The summed E-state index contributed by atoms with van der Waals surface area (Å²) in [4.78, 5) is 7.00. The first-order chi connectivity index (χ1) is 10.3. The zero-order valence-electron chi connectivity index (χ0n) is 12.2. The molecule has 0 aromatic carbocycles. The van der Waals surface area contributed by atoms with Crippen molar-refractivity contribution in [2.24, 2.45) is 0 Å². The van der Waals surface area contributed by atoms with E-state index in [0.717, 1.165) is 42.2 Å². The van der Waals surface area contributed by atoms with Gasteiger partial charge in [0.15, 0.2) is 4.96 Å². The van der Waals surface area contributed by atoms with Gasteiger partial charge < -0.3 is 5.32 Å². The number of aromatic nitrogens is 4. The van der Waals surface area contributed by atoms with Gasteiger partial charge in [-0.2, -0.15) is 0 Å². The maximum atomic E-state index is 4.69. The van der Waals surface area contributed by atoms with Crippen LogP contribution in [-0.4, -0.2) is 25.5 Å². The van der Waals surface area contributed by atoms with Crippen molar-refractivity contribution in [3.63, 3.8) is 0 Å². The molecule has 0 saturated heterocycles. The number of rotatable bonds is 7. The highest BCUT2D eigenvalue weighted by atomic mass is 32.1. The molecule has 112 valence electrons. The largest absolute Gasteiger partial charge is 0.309 e. The van der Waals surface area contributed by atoms with Gasteiger partial charge in [0.05, 0.1) is 22.3 Å². The molecule has 0 aliphatic carbocycles. The lowest BCUT2D eigenvalue weighted by molar-refractivity contribution is 0.528.